The first-order chi connectivity index (χ1) is 7.70. The van der Waals surface area contributed by atoms with Gasteiger partial charge in [0, 0.05) is 12.2 Å². The highest BCUT2D eigenvalue weighted by atomic mass is 32.1. The average molecular weight is 232 g/mol. The fourth-order valence-electron chi connectivity index (χ4n) is 1.79. The molecule has 0 bridgehead atoms. The standard InChI is InChI=1S/C13H16N2S/c1-9(2)6-12(14-3)10-7-13-11(15-8-10)4-5-16-13/h4-5,7-8,12,14H,1,6H2,2-3H3. The lowest BCUT2D eigenvalue weighted by Gasteiger charge is -2.16. The van der Waals surface area contributed by atoms with E-state index in [2.05, 4.69) is 41.3 Å². The Labute approximate surface area is 100 Å². The molecule has 3 heteroatoms. The number of nitrogens with one attached hydrogen (secondary N) is 1. The predicted octanol–water partition coefficient (Wildman–Crippen LogP) is 3.52. The van der Waals surface area contributed by atoms with E-state index in [4.69, 9.17) is 0 Å². The van der Waals surface area contributed by atoms with Crippen LogP contribution in [0, 0.1) is 0 Å². The summed E-state index contributed by atoms with van der Waals surface area (Å²) < 4.78 is 1.25. The maximum Gasteiger partial charge on any atom is 0.0809 e. The molecule has 0 saturated carbocycles. The second kappa shape index (κ2) is 4.76. The average Bonchev–Trinajstić information content (AvgIpc) is 2.72. The van der Waals surface area contributed by atoms with Gasteiger partial charge in [-0.15, -0.1) is 17.9 Å². The van der Waals surface area contributed by atoms with Crippen LogP contribution in [0.1, 0.15) is 24.9 Å². The summed E-state index contributed by atoms with van der Waals surface area (Å²) in [5.41, 5.74) is 3.50. The Morgan fingerprint density at radius 1 is 1.62 bits per heavy atom. The van der Waals surface area contributed by atoms with Gasteiger partial charge in [-0.05, 0) is 43.5 Å². The van der Waals surface area contributed by atoms with Crippen molar-refractivity contribution in [2.24, 2.45) is 0 Å². The molecule has 0 radical (unpaired) electrons. The van der Waals surface area contributed by atoms with Crippen molar-refractivity contribution in [3.8, 4) is 0 Å². The number of rotatable bonds is 4. The lowest BCUT2D eigenvalue weighted by atomic mass is 10.0. The van der Waals surface area contributed by atoms with Crippen LogP contribution < -0.4 is 5.32 Å². The first kappa shape index (κ1) is 11.3. The summed E-state index contributed by atoms with van der Waals surface area (Å²) in [4.78, 5) is 4.46. The number of thiophene rings is 1. The zero-order chi connectivity index (χ0) is 11.5. The molecule has 0 saturated heterocycles. The summed E-state index contributed by atoms with van der Waals surface area (Å²) in [6.45, 7) is 6.02. The van der Waals surface area contributed by atoms with Crippen molar-refractivity contribution in [1.82, 2.24) is 10.3 Å². The predicted molar refractivity (Wildman–Crippen MR) is 70.9 cm³/mol. The summed E-state index contributed by atoms with van der Waals surface area (Å²) in [5.74, 6) is 0. The maximum atomic E-state index is 4.46. The van der Waals surface area contributed by atoms with Crippen LogP contribution in [0.25, 0.3) is 10.2 Å². The maximum absolute atomic E-state index is 4.46. The Bertz CT molecular complexity index is 501. The van der Waals surface area contributed by atoms with Gasteiger partial charge >= 0.3 is 0 Å². The molecule has 2 nitrogen and oxygen atoms in total. The van der Waals surface area contributed by atoms with Crippen molar-refractivity contribution < 1.29 is 0 Å². The molecular formula is C13H16N2S. The minimum absolute atomic E-state index is 0.316. The number of nitrogens with zero attached hydrogens (tertiary/aromatic N) is 1. The van der Waals surface area contributed by atoms with E-state index in [0.29, 0.717) is 6.04 Å². The SMILES string of the molecule is C=C(C)CC(NC)c1cnc2ccsc2c1. The molecule has 2 aromatic heterocycles. The Hall–Kier alpha value is -1.19. The van der Waals surface area contributed by atoms with Gasteiger partial charge in [0.15, 0.2) is 0 Å². The fourth-order valence-corrected chi connectivity index (χ4v) is 2.58. The van der Waals surface area contributed by atoms with Gasteiger partial charge in [0.25, 0.3) is 0 Å². The van der Waals surface area contributed by atoms with Gasteiger partial charge in [0.2, 0.25) is 0 Å². The highest BCUT2D eigenvalue weighted by molar-refractivity contribution is 7.17. The zero-order valence-corrected chi connectivity index (χ0v) is 10.5. The third-order valence-corrected chi connectivity index (χ3v) is 3.48. The van der Waals surface area contributed by atoms with E-state index in [-0.39, 0.29) is 0 Å². The smallest absolute Gasteiger partial charge is 0.0809 e. The number of pyridine rings is 1. The summed E-state index contributed by atoms with van der Waals surface area (Å²) in [7, 11) is 1.98. The monoisotopic (exact) mass is 232 g/mol. The molecule has 2 heterocycles. The molecule has 2 rings (SSSR count). The second-order valence-electron chi connectivity index (χ2n) is 4.08. The molecule has 0 fully saturated rings. The molecule has 0 amide bonds. The van der Waals surface area contributed by atoms with Crippen molar-refractivity contribution in [3.63, 3.8) is 0 Å². The van der Waals surface area contributed by atoms with Crippen molar-refractivity contribution >= 4 is 21.6 Å². The molecule has 1 atom stereocenters. The minimum Gasteiger partial charge on any atom is -0.313 e. The molecule has 1 unspecified atom stereocenters. The first-order valence-corrected chi connectivity index (χ1v) is 6.23. The van der Waals surface area contributed by atoms with Crippen LogP contribution >= 0.6 is 11.3 Å². The molecule has 0 aliphatic heterocycles. The third-order valence-electron chi connectivity index (χ3n) is 2.63. The van der Waals surface area contributed by atoms with E-state index in [1.165, 1.54) is 15.8 Å². The largest absolute Gasteiger partial charge is 0.313 e. The molecule has 0 aromatic carbocycles. The van der Waals surface area contributed by atoms with Crippen molar-refractivity contribution in [2.45, 2.75) is 19.4 Å². The van der Waals surface area contributed by atoms with Gasteiger partial charge in [-0.3, -0.25) is 4.98 Å². The van der Waals surface area contributed by atoms with E-state index in [1.807, 2.05) is 13.2 Å². The summed E-state index contributed by atoms with van der Waals surface area (Å²) in [5, 5.41) is 5.39. The molecule has 0 aliphatic carbocycles. The Morgan fingerprint density at radius 2 is 2.44 bits per heavy atom. The number of hydrogen-bond donors (Lipinski definition) is 1. The van der Waals surface area contributed by atoms with Gasteiger partial charge in [-0.2, -0.15) is 0 Å². The van der Waals surface area contributed by atoms with Gasteiger partial charge in [-0.25, -0.2) is 0 Å². The van der Waals surface area contributed by atoms with Gasteiger partial charge in [0.05, 0.1) is 10.2 Å². The number of aromatic nitrogens is 1. The molecular weight excluding hydrogens is 216 g/mol. The summed E-state index contributed by atoms with van der Waals surface area (Å²) in [6.07, 6.45) is 2.91. The van der Waals surface area contributed by atoms with Crippen molar-refractivity contribution in [1.29, 1.82) is 0 Å². The lowest BCUT2D eigenvalue weighted by Crippen LogP contribution is -2.16. The van der Waals surface area contributed by atoms with Crippen LogP contribution in [0.15, 0.2) is 35.9 Å². The Kier molecular flexibility index (Phi) is 3.36. The second-order valence-corrected chi connectivity index (χ2v) is 5.02. The fraction of sp³-hybridized carbons (Fsp3) is 0.308. The lowest BCUT2D eigenvalue weighted by molar-refractivity contribution is 0.589. The molecule has 1 N–H and O–H groups in total. The first-order valence-electron chi connectivity index (χ1n) is 5.35. The van der Waals surface area contributed by atoms with Crippen LogP contribution in [0.4, 0.5) is 0 Å². The van der Waals surface area contributed by atoms with Gasteiger partial charge in [0.1, 0.15) is 0 Å². The van der Waals surface area contributed by atoms with Crippen molar-refractivity contribution in [3.05, 3.63) is 41.4 Å². The van der Waals surface area contributed by atoms with Gasteiger partial charge in [-0.1, -0.05) is 5.57 Å². The normalized spacial score (nSPS) is 12.9. The number of fused-ring (bicyclic) bond motifs is 1. The zero-order valence-electron chi connectivity index (χ0n) is 9.66. The molecule has 0 aliphatic rings. The molecule has 16 heavy (non-hydrogen) atoms. The van der Waals surface area contributed by atoms with Gasteiger partial charge < -0.3 is 5.32 Å². The van der Waals surface area contributed by atoms with Crippen LogP contribution in [-0.4, -0.2) is 12.0 Å². The van der Waals surface area contributed by atoms with Crippen LogP contribution in [-0.2, 0) is 0 Å². The van der Waals surface area contributed by atoms with E-state index < -0.39 is 0 Å². The Balaban J connectivity index is 2.32. The topological polar surface area (TPSA) is 24.9 Å². The highest BCUT2D eigenvalue weighted by Crippen LogP contribution is 2.25. The van der Waals surface area contributed by atoms with Crippen molar-refractivity contribution in [2.75, 3.05) is 7.05 Å². The minimum atomic E-state index is 0.316. The van der Waals surface area contributed by atoms with E-state index in [0.717, 1.165) is 11.9 Å². The Morgan fingerprint density at radius 3 is 3.12 bits per heavy atom. The molecule has 0 spiro atoms. The highest BCUT2D eigenvalue weighted by Gasteiger charge is 2.10. The van der Waals surface area contributed by atoms with E-state index >= 15 is 0 Å². The molecule has 84 valence electrons. The summed E-state index contributed by atoms with van der Waals surface area (Å²) in [6, 6.07) is 4.59. The van der Waals surface area contributed by atoms with E-state index in [1.54, 1.807) is 11.3 Å². The molecule has 2 aromatic rings. The van der Waals surface area contributed by atoms with Crippen LogP contribution in [0.3, 0.4) is 0 Å². The van der Waals surface area contributed by atoms with Crippen LogP contribution in [0.5, 0.6) is 0 Å². The van der Waals surface area contributed by atoms with Crippen LogP contribution in [0.2, 0.25) is 0 Å². The quantitative estimate of drug-likeness (QED) is 0.816. The third kappa shape index (κ3) is 2.31. The summed E-state index contributed by atoms with van der Waals surface area (Å²) >= 11 is 1.74. The number of hydrogen-bond acceptors (Lipinski definition) is 3. The van der Waals surface area contributed by atoms with E-state index in [9.17, 15) is 0 Å².